The molecule has 3 atom stereocenters. The average Bonchev–Trinajstić information content (AvgIpc) is 2.81. The molecule has 3 nitrogen and oxygen atoms in total. The molecule has 0 N–H and O–H groups in total. The zero-order valence-electron chi connectivity index (χ0n) is 10.5. The number of ether oxygens (including phenoxy) is 1. The third-order valence-electron chi connectivity index (χ3n) is 4.22. The van der Waals surface area contributed by atoms with Gasteiger partial charge in [0, 0.05) is 6.61 Å². The summed E-state index contributed by atoms with van der Waals surface area (Å²) in [6.45, 7) is 4.62. The van der Waals surface area contributed by atoms with E-state index in [0.717, 1.165) is 36.3 Å². The molecule has 3 rings (SSSR count). The molecule has 0 unspecified atom stereocenters. The maximum atomic E-state index is 9.59. The van der Waals surface area contributed by atoms with Crippen LogP contribution in [0.3, 0.4) is 0 Å². The second kappa shape index (κ2) is 3.94. The highest BCUT2D eigenvalue weighted by atomic mass is 35.5. The lowest BCUT2D eigenvalue weighted by Crippen LogP contribution is -2.45. The van der Waals surface area contributed by atoms with Gasteiger partial charge in [0.25, 0.3) is 0 Å². The molecule has 0 radical (unpaired) electrons. The van der Waals surface area contributed by atoms with Gasteiger partial charge in [-0.05, 0) is 43.7 Å². The Balaban J connectivity index is 2.21. The highest BCUT2D eigenvalue weighted by molar-refractivity contribution is 6.30. The summed E-state index contributed by atoms with van der Waals surface area (Å²) in [4.78, 5) is 4.46. The van der Waals surface area contributed by atoms with E-state index in [0.29, 0.717) is 11.1 Å². The van der Waals surface area contributed by atoms with Gasteiger partial charge in [-0.2, -0.15) is 5.26 Å². The van der Waals surface area contributed by atoms with Crippen LogP contribution in [0.5, 0.6) is 0 Å². The molecule has 18 heavy (non-hydrogen) atoms. The van der Waals surface area contributed by atoms with Crippen molar-refractivity contribution in [1.82, 2.24) is 4.98 Å². The van der Waals surface area contributed by atoms with Crippen LogP contribution in [0, 0.1) is 24.2 Å². The number of pyridine rings is 1. The fourth-order valence-electron chi connectivity index (χ4n) is 3.27. The topological polar surface area (TPSA) is 45.9 Å². The van der Waals surface area contributed by atoms with Crippen molar-refractivity contribution in [2.75, 3.05) is 6.61 Å². The smallest absolute Gasteiger partial charge is 0.132 e. The quantitative estimate of drug-likeness (QED) is 0.676. The van der Waals surface area contributed by atoms with Crippen LogP contribution in [-0.4, -0.2) is 17.7 Å². The molecule has 1 aromatic heterocycles. The molecule has 4 heteroatoms. The Morgan fingerprint density at radius 3 is 3.11 bits per heavy atom. The van der Waals surface area contributed by atoms with Crippen molar-refractivity contribution in [2.24, 2.45) is 5.92 Å². The second-order valence-electron chi connectivity index (χ2n) is 5.46. The fraction of sp³-hybridized carbons (Fsp3) is 0.571. The molecule has 1 fully saturated rings. The van der Waals surface area contributed by atoms with E-state index in [1.807, 2.05) is 13.8 Å². The molecular formula is C14H15ClN2O. The average molecular weight is 263 g/mol. The van der Waals surface area contributed by atoms with Gasteiger partial charge in [0.15, 0.2) is 0 Å². The number of hydrogen-bond acceptors (Lipinski definition) is 3. The Morgan fingerprint density at radius 1 is 1.61 bits per heavy atom. The molecule has 1 aliphatic carbocycles. The summed E-state index contributed by atoms with van der Waals surface area (Å²) in [5, 5.41) is 10.1. The third-order valence-corrected chi connectivity index (χ3v) is 4.60. The van der Waals surface area contributed by atoms with E-state index in [9.17, 15) is 5.26 Å². The zero-order valence-corrected chi connectivity index (χ0v) is 11.3. The summed E-state index contributed by atoms with van der Waals surface area (Å²) in [6, 6.07) is 4.49. The summed E-state index contributed by atoms with van der Waals surface area (Å²) in [5.41, 5.74) is 2.27. The van der Waals surface area contributed by atoms with Crippen molar-refractivity contribution in [1.29, 1.82) is 5.26 Å². The van der Waals surface area contributed by atoms with Crippen LogP contribution in [0.1, 0.15) is 30.2 Å². The number of hydrogen-bond donors (Lipinski definition) is 0. The first-order chi connectivity index (χ1) is 8.56. The molecule has 0 bridgehead atoms. The third kappa shape index (κ3) is 1.49. The van der Waals surface area contributed by atoms with E-state index in [-0.39, 0.29) is 6.10 Å². The number of aromatic nitrogens is 1. The van der Waals surface area contributed by atoms with E-state index in [1.165, 1.54) is 0 Å². The second-order valence-corrected chi connectivity index (χ2v) is 5.82. The van der Waals surface area contributed by atoms with Gasteiger partial charge in [0.05, 0.1) is 17.9 Å². The summed E-state index contributed by atoms with van der Waals surface area (Å²) < 4.78 is 5.78. The van der Waals surface area contributed by atoms with Gasteiger partial charge in [0.1, 0.15) is 10.6 Å². The van der Waals surface area contributed by atoms with Crippen LogP contribution in [0.2, 0.25) is 5.15 Å². The van der Waals surface area contributed by atoms with E-state index < -0.39 is 5.41 Å². The molecule has 1 aliphatic heterocycles. The first-order valence-corrected chi connectivity index (χ1v) is 6.63. The Bertz CT molecular complexity index is 551. The first-order valence-electron chi connectivity index (χ1n) is 6.25. The van der Waals surface area contributed by atoms with E-state index in [2.05, 4.69) is 17.1 Å². The lowest BCUT2D eigenvalue weighted by atomic mass is 9.68. The van der Waals surface area contributed by atoms with Gasteiger partial charge >= 0.3 is 0 Å². The van der Waals surface area contributed by atoms with Gasteiger partial charge < -0.3 is 4.74 Å². The fourth-order valence-corrected chi connectivity index (χ4v) is 3.41. The predicted octanol–water partition coefficient (Wildman–Crippen LogP) is 2.79. The van der Waals surface area contributed by atoms with Gasteiger partial charge in [-0.25, -0.2) is 4.98 Å². The normalized spacial score (nSPS) is 33.7. The molecule has 0 amide bonds. The van der Waals surface area contributed by atoms with Crippen molar-refractivity contribution in [2.45, 2.75) is 38.2 Å². The van der Waals surface area contributed by atoms with Crippen LogP contribution in [0.25, 0.3) is 0 Å². The van der Waals surface area contributed by atoms with Crippen molar-refractivity contribution >= 4 is 11.6 Å². The van der Waals surface area contributed by atoms with Crippen LogP contribution < -0.4 is 0 Å². The molecule has 2 heterocycles. The zero-order chi connectivity index (χ0) is 12.9. The number of rotatable bonds is 0. The van der Waals surface area contributed by atoms with Crippen LogP contribution >= 0.6 is 11.6 Å². The molecule has 2 aliphatic rings. The first kappa shape index (κ1) is 12.0. The number of aryl methyl sites for hydroxylation is 1. The molecule has 0 spiro atoms. The van der Waals surface area contributed by atoms with Crippen molar-refractivity contribution < 1.29 is 4.74 Å². The van der Waals surface area contributed by atoms with Gasteiger partial charge in [-0.15, -0.1) is 0 Å². The molecule has 0 aromatic carbocycles. The molecule has 1 aromatic rings. The number of nitriles is 1. The molecule has 1 saturated heterocycles. The van der Waals surface area contributed by atoms with Crippen molar-refractivity contribution in [3.8, 4) is 6.07 Å². The minimum Gasteiger partial charge on any atom is -0.376 e. The van der Waals surface area contributed by atoms with Gasteiger partial charge in [-0.3, -0.25) is 0 Å². The minimum atomic E-state index is -0.675. The Labute approximate surface area is 112 Å². The van der Waals surface area contributed by atoms with Gasteiger partial charge in [0.2, 0.25) is 0 Å². The largest absolute Gasteiger partial charge is 0.376 e. The monoisotopic (exact) mass is 262 g/mol. The van der Waals surface area contributed by atoms with Crippen molar-refractivity contribution in [3.05, 3.63) is 28.0 Å². The maximum absolute atomic E-state index is 9.59. The summed E-state index contributed by atoms with van der Waals surface area (Å²) in [5.74, 6) is 0.435. The predicted molar refractivity (Wildman–Crippen MR) is 68.5 cm³/mol. The van der Waals surface area contributed by atoms with Gasteiger partial charge in [-0.1, -0.05) is 17.7 Å². The summed E-state index contributed by atoms with van der Waals surface area (Å²) in [7, 11) is 0. The lowest BCUT2D eigenvalue weighted by molar-refractivity contribution is 0.0411. The SMILES string of the molecule is Cc1cc2c(nc1Cl)[C@](C)(C#N)[C@H]1OCC[C@H]1C2. The van der Waals surface area contributed by atoms with Crippen LogP contribution in [0.15, 0.2) is 6.07 Å². The molecule has 94 valence electrons. The van der Waals surface area contributed by atoms with Crippen molar-refractivity contribution in [3.63, 3.8) is 0 Å². The standard InChI is InChI=1S/C14H15ClN2O/c1-8-5-10-6-9-3-4-18-12(9)14(2,7-16)11(10)17-13(8)15/h5,9,12H,3-4,6H2,1-2H3/t9-,12-,14-/m0/s1. The summed E-state index contributed by atoms with van der Waals surface area (Å²) in [6.07, 6.45) is 1.94. The Hall–Kier alpha value is -1.11. The number of fused-ring (bicyclic) bond motifs is 2. The van der Waals surface area contributed by atoms with Crippen LogP contribution in [-0.2, 0) is 16.6 Å². The molecule has 0 saturated carbocycles. The van der Waals surface area contributed by atoms with E-state index in [1.54, 1.807) is 0 Å². The van der Waals surface area contributed by atoms with Crippen LogP contribution in [0.4, 0.5) is 0 Å². The highest BCUT2D eigenvalue weighted by Crippen LogP contribution is 2.45. The highest BCUT2D eigenvalue weighted by Gasteiger charge is 2.50. The minimum absolute atomic E-state index is 0.0405. The Morgan fingerprint density at radius 2 is 2.39 bits per heavy atom. The number of halogens is 1. The van der Waals surface area contributed by atoms with E-state index >= 15 is 0 Å². The van der Waals surface area contributed by atoms with E-state index in [4.69, 9.17) is 16.3 Å². The lowest BCUT2D eigenvalue weighted by Gasteiger charge is -2.38. The maximum Gasteiger partial charge on any atom is 0.132 e. The number of nitrogens with zero attached hydrogens (tertiary/aromatic N) is 2. The summed E-state index contributed by atoms with van der Waals surface area (Å²) >= 11 is 6.11. The Kier molecular flexibility index (Phi) is 2.62. The molecular weight excluding hydrogens is 248 g/mol.